The monoisotopic (exact) mass is 341 g/mol. The van der Waals surface area contributed by atoms with Gasteiger partial charge in [-0.3, -0.25) is 9.59 Å². The summed E-state index contributed by atoms with van der Waals surface area (Å²) in [6, 6.07) is 9.41. The van der Waals surface area contributed by atoms with E-state index in [-0.39, 0.29) is 12.1 Å². The number of ether oxygens (including phenoxy) is 2. The van der Waals surface area contributed by atoms with Gasteiger partial charge >= 0.3 is 5.97 Å². The molecule has 1 aromatic carbocycles. The molecule has 0 unspecified atom stereocenters. The first-order valence-corrected chi connectivity index (χ1v) is 8.25. The molecule has 5 heteroatoms. The minimum absolute atomic E-state index is 0.188. The van der Waals surface area contributed by atoms with Crippen LogP contribution in [0.3, 0.4) is 0 Å². The van der Waals surface area contributed by atoms with E-state index >= 15 is 0 Å². The smallest absolute Gasteiger partial charge is 0.302 e. The van der Waals surface area contributed by atoms with Crippen molar-refractivity contribution >= 4 is 12.3 Å². The van der Waals surface area contributed by atoms with E-state index in [1.54, 1.807) is 6.07 Å². The SMILES string of the molecule is CC(=O)O[C@H](C)CCOc1ccc(-c2cccc(C=O)c2C)c(C)n1. The van der Waals surface area contributed by atoms with Gasteiger partial charge in [0.15, 0.2) is 0 Å². The molecule has 1 atom stereocenters. The summed E-state index contributed by atoms with van der Waals surface area (Å²) in [6.07, 6.45) is 1.28. The fourth-order valence-corrected chi connectivity index (χ4v) is 2.65. The van der Waals surface area contributed by atoms with Crippen LogP contribution < -0.4 is 4.74 Å². The molecule has 0 bridgehead atoms. The van der Waals surface area contributed by atoms with Gasteiger partial charge in [0.05, 0.1) is 6.61 Å². The first-order valence-electron chi connectivity index (χ1n) is 8.25. The lowest BCUT2D eigenvalue weighted by Crippen LogP contribution is -2.15. The fourth-order valence-electron chi connectivity index (χ4n) is 2.65. The Morgan fingerprint density at radius 3 is 2.60 bits per heavy atom. The number of carbonyl (C=O) groups excluding carboxylic acids is 2. The van der Waals surface area contributed by atoms with E-state index in [1.165, 1.54) is 6.92 Å². The first kappa shape index (κ1) is 18.6. The highest BCUT2D eigenvalue weighted by Crippen LogP contribution is 2.28. The predicted octanol–water partition coefficient (Wildman–Crippen LogP) is 3.90. The van der Waals surface area contributed by atoms with E-state index in [9.17, 15) is 9.59 Å². The average Bonchev–Trinajstić information content (AvgIpc) is 2.55. The van der Waals surface area contributed by atoms with E-state index in [0.29, 0.717) is 24.5 Å². The Kier molecular flexibility index (Phi) is 6.28. The van der Waals surface area contributed by atoms with Gasteiger partial charge in [0.25, 0.3) is 0 Å². The number of aryl methyl sites for hydroxylation is 1. The molecule has 25 heavy (non-hydrogen) atoms. The van der Waals surface area contributed by atoms with Gasteiger partial charge in [0.1, 0.15) is 12.4 Å². The van der Waals surface area contributed by atoms with Crippen molar-refractivity contribution in [1.29, 1.82) is 0 Å². The topological polar surface area (TPSA) is 65.5 Å². The number of hydrogen-bond acceptors (Lipinski definition) is 5. The van der Waals surface area contributed by atoms with E-state index < -0.39 is 0 Å². The van der Waals surface area contributed by atoms with Crippen molar-refractivity contribution in [3.8, 4) is 17.0 Å². The zero-order valence-electron chi connectivity index (χ0n) is 15.0. The number of aldehydes is 1. The molecule has 0 spiro atoms. The molecule has 0 radical (unpaired) electrons. The lowest BCUT2D eigenvalue weighted by Gasteiger charge is -2.14. The Morgan fingerprint density at radius 2 is 1.96 bits per heavy atom. The Hall–Kier alpha value is -2.69. The highest BCUT2D eigenvalue weighted by atomic mass is 16.5. The summed E-state index contributed by atoms with van der Waals surface area (Å²) in [7, 11) is 0. The van der Waals surface area contributed by atoms with Crippen molar-refractivity contribution in [1.82, 2.24) is 4.98 Å². The number of hydrogen-bond donors (Lipinski definition) is 0. The van der Waals surface area contributed by atoms with Crippen molar-refractivity contribution in [3.05, 3.63) is 47.2 Å². The molecule has 0 aliphatic heterocycles. The molecule has 0 fully saturated rings. The Bertz CT molecular complexity index is 770. The summed E-state index contributed by atoms with van der Waals surface area (Å²) in [6.45, 7) is 7.48. The number of rotatable bonds is 7. The van der Waals surface area contributed by atoms with Gasteiger partial charge in [-0.1, -0.05) is 18.2 Å². The van der Waals surface area contributed by atoms with Crippen LogP contribution in [-0.2, 0) is 9.53 Å². The van der Waals surface area contributed by atoms with Crippen LogP contribution in [0.2, 0.25) is 0 Å². The second-order valence-electron chi connectivity index (χ2n) is 5.98. The normalized spacial score (nSPS) is 11.7. The maximum atomic E-state index is 11.1. The summed E-state index contributed by atoms with van der Waals surface area (Å²) >= 11 is 0. The lowest BCUT2D eigenvalue weighted by molar-refractivity contribution is -0.145. The Morgan fingerprint density at radius 1 is 1.20 bits per heavy atom. The number of aromatic nitrogens is 1. The summed E-state index contributed by atoms with van der Waals surface area (Å²) in [5, 5.41) is 0. The number of esters is 1. The molecule has 1 heterocycles. The van der Waals surface area contributed by atoms with E-state index in [1.807, 2.05) is 45.0 Å². The van der Waals surface area contributed by atoms with Crippen LogP contribution in [-0.4, -0.2) is 30.0 Å². The maximum Gasteiger partial charge on any atom is 0.302 e. The summed E-state index contributed by atoms with van der Waals surface area (Å²) < 4.78 is 10.7. The molecule has 1 aromatic heterocycles. The second kappa shape index (κ2) is 8.42. The molecule has 0 saturated carbocycles. The molecular formula is C20H23NO4. The van der Waals surface area contributed by atoms with Crippen LogP contribution >= 0.6 is 0 Å². The van der Waals surface area contributed by atoms with E-state index in [2.05, 4.69) is 4.98 Å². The zero-order chi connectivity index (χ0) is 18.4. The van der Waals surface area contributed by atoms with Gasteiger partial charge in [0, 0.05) is 36.2 Å². The highest BCUT2D eigenvalue weighted by Gasteiger charge is 2.11. The Labute approximate surface area is 148 Å². The third-order valence-corrected chi connectivity index (χ3v) is 3.99. The maximum absolute atomic E-state index is 11.1. The van der Waals surface area contributed by atoms with Gasteiger partial charge < -0.3 is 9.47 Å². The fraction of sp³-hybridized carbons (Fsp3) is 0.350. The van der Waals surface area contributed by atoms with Crippen molar-refractivity contribution < 1.29 is 19.1 Å². The molecular weight excluding hydrogens is 318 g/mol. The van der Waals surface area contributed by atoms with Gasteiger partial charge in [-0.25, -0.2) is 4.98 Å². The van der Waals surface area contributed by atoms with Crippen LogP contribution in [0.4, 0.5) is 0 Å². The molecule has 5 nitrogen and oxygen atoms in total. The van der Waals surface area contributed by atoms with Crippen LogP contribution in [0.1, 0.15) is 41.9 Å². The minimum Gasteiger partial charge on any atom is -0.478 e. The van der Waals surface area contributed by atoms with Crippen LogP contribution in [0, 0.1) is 13.8 Å². The van der Waals surface area contributed by atoms with Gasteiger partial charge in [-0.2, -0.15) is 0 Å². The van der Waals surface area contributed by atoms with Crippen molar-refractivity contribution in [2.24, 2.45) is 0 Å². The molecule has 132 valence electrons. The molecule has 0 N–H and O–H groups in total. The summed E-state index contributed by atoms with van der Waals surface area (Å²) in [4.78, 5) is 26.5. The first-order chi connectivity index (χ1) is 11.9. The second-order valence-corrected chi connectivity index (χ2v) is 5.98. The molecule has 0 saturated heterocycles. The quantitative estimate of drug-likeness (QED) is 0.564. The van der Waals surface area contributed by atoms with E-state index in [4.69, 9.17) is 9.47 Å². The average molecular weight is 341 g/mol. The van der Waals surface area contributed by atoms with Crippen LogP contribution in [0.5, 0.6) is 5.88 Å². The zero-order valence-corrected chi connectivity index (χ0v) is 15.0. The minimum atomic E-state index is -0.293. The number of benzene rings is 1. The Balaban J connectivity index is 2.08. The molecule has 0 aliphatic rings. The molecule has 0 amide bonds. The lowest BCUT2D eigenvalue weighted by atomic mass is 9.96. The molecule has 2 aromatic rings. The van der Waals surface area contributed by atoms with Crippen LogP contribution in [0.15, 0.2) is 30.3 Å². The third kappa shape index (κ3) is 4.89. The largest absolute Gasteiger partial charge is 0.478 e. The van der Waals surface area contributed by atoms with E-state index in [0.717, 1.165) is 28.7 Å². The predicted molar refractivity (Wildman–Crippen MR) is 95.9 cm³/mol. The van der Waals surface area contributed by atoms with Gasteiger partial charge in [0.2, 0.25) is 5.88 Å². The third-order valence-electron chi connectivity index (χ3n) is 3.99. The molecule has 2 rings (SSSR count). The van der Waals surface area contributed by atoms with Crippen LogP contribution in [0.25, 0.3) is 11.1 Å². The van der Waals surface area contributed by atoms with Crippen molar-refractivity contribution in [3.63, 3.8) is 0 Å². The number of nitrogens with zero attached hydrogens (tertiary/aromatic N) is 1. The standard InChI is InChI=1S/C20H23NO4/c1-13(25-16(4)23)10-11-24-20-9-8-19(15(3)21-20)18-7-5-6-17(12-22)14(18)2/h5-9,12-13H,10-11H2,1-4H3/t13-/m1/s1. The van der Waals surface area contributed by atoms with Crippen molar-refractivity contribution in [2.75, 3.05) is 6.61 Å². The van der Waals surface area contributed by atoms with Gasteiger partial charge in [-0.05, 0) is 38.0 Å². The molecule has 0 aliphatic carbocycles. The summed E-state index contributed by atoms with van der Waals surface area (Å²) in [5.74, 6) is 0.235. The number of pyridine rings is 1. The summed E-state index contributed by atoms with van der Waals surface area (Å²) in [5.41, 5.74) is 4.41. The highest BCUT2D eigenvalue weighted by molar-refractivity contribution is 5.83. The van der Waals surface area contributed by atoms with Gasteiger partial charge in [-0.15, -0.1) is 0 Å². The number of carbonyl (C=O) groups is 2. The van der Waals surface area contributed by atoms with Crippen molar-refractivity contribution in [2.45, 2.75) is 40.2 Å².